The van der Waals surface area contributed by atoms with Crippen LogP contribution in [0, 0.1) is 5.92 Å². The number of nitrogens with one attached hydrogen (secondary N) is 2. The molecule has 2 heterocycles. The Kier molecular flexibility index (Phi) is 7.58. The molecule has 2 N–H and O–H groups in total. The summed E-state index contributed by atoms with van der Waals surface area (Å²) in [6.07, 6.45) is 8.46. The fourth-order valence-corrected chi connectivity index (χ4v) is 2.89. The molecule has 1 aliphatic carbocycles. The van der Waals surface area contributed by atoms with Crippen LogP contribution in [-0.2, 0) is 19.4 Å². The number of nitrogens with zero attached hydrogens (tertiary/aromatic N) is 4. The summed E-state index contributed by atoms with van der Waals surface area (Å²) in [5.74, 6) is 4.04. The Morgan fingerprint density at radius 3 is 2.87 bits per heavy atom. The van der Waals surface area contributed by atoms with Crippen molar-refractivity contribution in [3.8, 4) is 0 Å². The topological polar surface area (TPSA) is 67.1 Å². The minimum absolute atomic E-state index is 0. The number of fused-ring (bicyclic) bond motifs is 1. The lowest BCUT2D eigenvalue weighted by Crippen LogP contribution is -2.38. The Balaban J connectivity index is 0.00000192. The molecule has 0 bridgehead atoms. The van der Waals surface area contributed by atoms with Crippen LogP contribution in [0.2, 0.25) is 0 Å². The molecular formula is C16H29IN6. The van der Waals surface area contributed by atoms with Gasteiger partial charge in [0, 0.05) is 39.0 Å². The molecule has 1 aliphatic heterocycles. The molecule has 2 aliphatic rings. The third-order valence-corrected chi connectivity index (χ3v) is 4.38. The van der Waals surface area contributed by atoms with Gasteiger partial charge < -0.3 is 15.2 Å². The van der Waals surface area contributed by atoms with Crippen LogP contribution in [0.1, 0.15) is 50.7 Å². The normalized spacial score (nSPS) is 17.9. The maximum absolute atomic E-state index is 4.65. The van der Waals surface area contributed by atoms with Crippen molar-refractivity contribution in [2.45, 2.75) is 58.4 Å². The van der Waals surface area contributed by atoms with E-state index >= 15 is 0 Å². The predicted molar refractivity (Wildman–Crippen MR) is 103 cm³/mol. The maximum Gasteiger partial charge on any atom is 0.191 e. The largest absolute Gasteiger partial charge is 0.357 e. The number of guanidine groups is 1. The molecule has 23 heavy (non-hydrogen) atoms. The molecule has 0 radical (unpaired) electrons. The molecule has 0 spiro atoms. The molecule has 0 amide bonds. The lowest BCUT2D eigenvalue weighted by Gasteiger charge is -2.11. The fourth-order valence-electron chi connectivity index (χ4n) is 2.89. The zero-order valence-corrected chi connectivity index (χ0v) is 16.4. The maximum atomic E-state index is 4.65. The second-order valence-electron chi connectivity index (χ2n) is 6.33. The van der Waals surface area contributed by atoms with Crippen molar-refractivity contribution in [2.75, 3.05) is 19.6 Å². The van der Waals surface area contributed by atoms with Gasteiger partial charge in [-0.25, -0.2) is 0 Å². The van der Waals surface area contributed by atoms with Crippen LogP contribution in [0.15, 0.2) is 4.99 Å². The number of halogens is 1. The van der Waals surface area contributed by atoms with E-state index in [1.54, 1.807) is 0 Å². The van der Waals surface area contributed by atoms with Crippen LogP contribution in [-0.4, -0.2) is 40.4 Å². The molecule has 0 aromatic carbocycles. The van der Waals surface area contributed by atoms with E-state index in [-0.39, 0.29) is 24.0 Å². The first-order chi connectivity index (χ1) is 10.9. The molecule has 0 saturated heterocycles. The second-order valence-corrected chi connectivity index (χ2v) is 6.33. The summed E-state index contributed by atoms with van der Waals surface area (Å²) in [6.45, 7) is 5.89. The van der Waals surface area contributed by atoms with Crippen LogP contribution >= 0.6 is 24.0 Å². The highest BCUT2D eigenvalue weighted by molar-refractivity contribution is 14.0. The van der Waals surface area contributed by atoms with E-state index in [0.29, 0.717) is 0 Å². The van der Waals surface area contributed by atoms with Gasteiger partial charge in [0.2, 0.25) is 0 Å². The van der Waals surface area contributed by atoms with Crippen LogP contribution in [0.4, 0.5) is 0 Å². The highest BCUT2D eigenvalue weighted by atomic mass is 127. The fraction of sp³-hybridized carbons (Fsp3) is 0.812. The van der Waals surface area contributed by atoms with Gasteiger partial charge in [0.25, 0.3) is 0 Å². The Labute approximate surface area is 155 Å². The molecular weight excluding hydrogens is 403 g/mol. The highest BCUT2D eigenvalue weighted by Gasteiger charge is 2.20. The number of aryl methyl sites for hydroxylation is 1. The van der Waals surface area contributed by atoms with Gasteiger partial charge in [-0.05, 0) is 38.5 Å². The van der Waals surface area contributed by atoms with Crippen molar-refractivity contribution < 1.29 is 0 Å². The van der Waals surface area contributed by atoms with Crippen molar-refractivity contribution in [3.05, 3.63) is 11.6 Å². The number of aliphatic imine (C=N–C) groups is 1. The van der Waals surface area contributed by atoms with E-state index < -0.39 is 0 Å². The first-order valence-electron chi connectivity index (χ1n) is 8.80. The Morgan fingerprint density at radius 1 is 1.22 bits per heavy atom. The van der Waals surface area contributed by atoms with Gasteiger partial charge in [-0.2, -0.15) is 0 Å². The van der Waals surface area contributed by atoms with Gasteiger partial charge in [-0.15, -0.1) is 34.2 Å². The predicted octanol–water partition coefficient (Wildman–Crippen LogP) is 2.13. The molecule has 6 nitrogen and oxygen atoms in total. The summed E-state index contributed by atoms with van der Waals surface area (Å²) >= 11 is 0. The molecule has 0 atom stereocenters. The van der Waals surface area contributed by atoms with Gasteiger partial charge in [0.05, 0.1) is 0 Å². The van der Waals surface area contributed by atoms with Crippen LogP contribution in [0.25, 0.3) is 0 Å². The zero-order chi connectivity index (χ0) is 15.2. The molecule has 1 saturated carbocycles. The smallest absolute Gasteiger partial charge is 0.191 e. The zero-order valence-electron chi connectivity index (χ0n) is 14.1. The first-order valence-corrected chi connectivity index (χ1v) is 8.80. The number of rotatable bonds is 6. The Bertz CT molecular complexity index is 509. The molecule has 7 heteroatoms. The van der Waals surface area contributed by atoms with Gasteiger partial charge in [-0.3, -0.25) is 4.99 Å². The third kappa shape index (κ3) is 5.61. The lowest BCUT2D eigenvalue weighted by atomic mass is 10.2. The number of aromatic nitrogens is 3. The summed E-state index contributed by atoms with van der Waals surface area (Å²) in [4.78, 5) is 4.65. The van der Waals surface area contributed by atoms with Gasteiger partial charge >= 0.3 is 0 Å². The first kappa shape index (κ1) is 18.5. The molecule has 1 aromatic rings. The minimum atomic E-state index is 0. The van der Waals surface area contributed by atoms with Gasteiger partial charge in [0.1, 0.15) is 11.6 Å². The number of hydrogen-bond donors (Lipinski definition) is 2. The summed E-state index contributed by atoms with van der Waals surface area (Å²) in [6, 6.07) is 0. The third-order valence-electron chi connectivity index (χ3n) is 4.38. The van der Waals surface area contributed by atoms with Crippen LogP contribution < -0.4 is 10.6 Å². The Hall–Kier alpha value is -0.860. The molecule has 130 valence electrons. The van der Waals surface area contributed by atoms with E-state index in [1.807, 2.05) is 0 Å². The molecule has 1 fully saturated rings. The van der Waals surface area contributed by atoms with Crippen molar-refractivity contribution in [1.82, 2.24) is 25.4 Å². The summed E-state index contributed by atoms with van der Waals surface area (Å²) in [5, 5.41) is 15.5. The quantitative estimate of drug-likeness (QED) is 0.411. The molecule has 3 rings (SSSR count). The standard InChI is InChI=1S/C16H28N6.HI/c1-2-17-16(19-12-13-7-8-13)18-10-9-15-21-20-14-6-4-3-5-11-22(14)15;/h13H,2-12H2,1H3,(H2,17,18,19);1H. The summed E-state index contributed by atoms with van der Waals surface area (Å²) < 4.78 is 2.32. The monoisotopic (exact) mass is 432 g/mol. The SMILES string of the molecule is CCNC(=NCC1CC1)NCCc1nnc2n1CCCCC2.I. The van der Waals surface area contributed by atoms with Gasteiger partial charge in [0.15, 0.2) is 5.96 Å². The summed E-state index contributed by atoms with van der Waals surface area (Å²) in [7, 11) is 0. The van der Waals surface area contributed by atoms with Crippen molar-refractivity contribution >= 4 is 29.9 Å². The van der Waals surface area contributed by atoms with Gasteiger partial charge in [-0.1, -0.05) is 6.42 Å². The van der Waals surface area contributed by atoms with E-state index in [2.05, 4.69) is 37.3 Å². The molecule has 0 unspecified atom stereocenters. The average Bonchev–Trinajstić information content (AvgIpc) is 3.31. The van der Waals surface area contributed by atoms with E-state index in [1.165, 1.54) is 37.9 Å². The average molecular weight is 432 g/mol. The lowest BCUT2D eigenvalue weighted by molar-refractivity contribution is 0.600. The van der Waals surface area contributed by atoms with Crippen molar-refractivity contribution in [1.29, 1.82) is 0 Å². The van der Waals surface area contributed by atoms with E-state index in [9.17, 15) is 0 Å². The highest BCUT2D eigenvalue weighted by Crippen LogP contribution is 2.28. The molecule has 1 aromatic heterocycles. The second kappa shape index (κ2) is 9.44. The minimum Gasteiger partial charge on any atom is -0.357 e. The van der Waals surface area contributed by atoms with E-state index in [4.69, 9.17) is 0 Å². The Morgan fingerprint density at radius 2 is 2.09 bits per heavy atom. The van der Waals surface area contributed by atoms with Crippen LogP contribution in [0.5, 0.6) is 0 Å². The van der Waals surface area contributed by atoms with Crippen molar-refractivity contribution in [2.24, 2.45) is 10.9 Å². The van der Waals surface area contributed by atoms with Crippen LogP contribution in [0.3, 0.4) is 0 Å². The van der Waals surface area contributed by atoms with Crippen molar-refractivity contribution in [3.63, 3.8) is 0 Å². The number of hydrogen-bond acceptors (Lipinski definition) is 3. The summed E-state index contributed by atoms with van der Waals surface area (Å²) in [5.41, 5.74) is 0. The van der Waals surface area contributed by atoms with E-state index in [0.717, 1.165) is 56.7 Å².